The minimum Gasteiger partial charge on any atom is -0.313 e. The normalized spacial score (nSPS) is 11.8. The molecule has 1 heterocycles. The van der Waals surface area contributed by atoms with Crippen molar-refractivity contribution in [3.05, 3.63) is 31.6 Å². The van der Waals surface area contributed by atoms with E-state index in [0.717, 1.165) is 0 Å². The minimum atomic E-state index is -4.17. The first kappa shape index (κ1) is 13.8. The van der Waals surface area contributed by atoms with Gasteiger partial charge in [-0.2, -0.15) is 13.2 Å². The third-order valence-electron chi connectivity index (χ3n) is 1.87. The highest BCUT2D eigenvalue weighted by Crippen LogP contribution is 2.21. The maximum absolute atomic E-state index is 11.9. The molecule has 0 fully saturated rings. The van der Waals surface area contributed by atoms with Crippen molar-refractivity contribution in [1.82, 2.24) is 4.57 Å². The Morgan fingerprint density at radius 3 is 2.50 bits per heavy atom. The standard InChI is InChI=1S/C9H8Br2F3NO/c10-6-4-7(11)8(16)15(5-6)3-1-2-9(12,13)14/h4-5H,1-3H2. The number of halogens is 5. The molecule has 0 saturated carbocycles. The third kappa shape index (κ3) is 4.29. The molecule has 0 aromatic carbocycles. The molecule has 1 aromatic rings. The molecule has 0 saturated heterocycles. The molecule has 90 valence electrons. The zero-order chi connectivity index (χ0) is 12.3. The molecule has 0 spiro atoms. The fourth-order valence-electron chi connectivity index (χ4n) is 1.18. The summed E-state index contributed by atoms with van der Waals surface area (Å²) in [5, 5.41) is 0. The van der Waals surface area contributed by atoms with Gasteiger partial charge in [0.2, 0.25) is 0 Å². The SMILES string of the molecule is O=c1c(Br)cc(Br)cn1CCCC(F)(F)F. The number of aryl methyl sites for hydroxylation is 1. The van der Waals surface area contributed by atoms with Crippen LogP contribution in [0.3, 0.4) is 0 Å². The van der Waals surface area contributed by atoms with E-state index < -0.39 is 12.6 Å². The summed E-state index contributed by atoms with van der Waals surface area (Å²) < 4.78 is 38.0. The number of nitrogens with zero attached hydrogens (tertiary/aromatic N) is 1. The highest BCUT2D eigenvalue weighted by Gasteiger charge is 2.26. The van der Waals surface area contributed by atoms with Crippen molar-refractivity contribution < 1.29 is 13.2 Å². The molecule has 2 nitrogen and oxygen atoms in total. The molecule has 0 aliphatic heterocycles. The Hall–Kier alpha value is -0.300. The lowest BCUT2D eigenvalue weighted by molar-refractivity contribution is -0.135. The lowest BCUT2D eigenvalue weighted by Crippen LogP contribution is -2.21. The summed E-state index contributed by atoms with van der Waals surface area (Å²) in [6.45, 7) is 0.0520. The van der Waals surface area contributed by atoms with E-state index in [1.54, 1.807) is 6.07 Å². The first-order valence-electron chi connectivity index (χ1n) is 4.42. The minimum absolute atomic E-state index is 0.0520. The van der Waals surface area contributed by atoms with E-state index in [-0.39, 0.29) is 18.5 Å². The van der Waals surface area contributed by atoms with E-state index in [4.69, 9.17) is 0 Å². The number of alkyl halides is 3. The average Bonchev–Trinajstić information content (AvgIpc) is 2.11. The highest BCUT2D eigenvalue weighted by atomic mass is 79.9. The van der Waals surface area contributed by atoms with E-state index >= 15 is 0 Å². The first-order chi connectivity index (χ1) is 7.29. The lowest BCUT2D eigenvalue weighted by atomic mass is 10.3. The van der Waals surface area contributed by atoms with E-state index in [9.17, 15) is 18.0 Å². The second-order valence-corrected chi connectivity index (χ2v) is 4.99. The highest BCUT2D eigenvalue weighted by molar-refractivity contribution is 9.11. The number of aromatic nitrogens is 1. The van der Waals surface area contributed by atoms with Gasteiger partial charge in [-0.25, -0.2) is 0 Å². The summed E-state index contributed by atoms with van der Waals surface area (Å²) in [7, 11) is 0. The number of rotatable bonds is 3. The smallest absolute Gasteiger partial charge is 0.313 e. The van der Waals surface area contributed by atoms with Crippen molar-refractivity contribution in [1.29, 1.82) is 0 Å². The Morgan fingerprint density at radius 2 is 1.94 bits per heavy atom. The third-order valence-corrected chi connectivity index (χ3v) is 2.87. The summed E-state index contributed by atoms with van der Waals surface area (Å²) in [6.07, 6.45) is -3.69. The second-order valence-electron chi connectivity index (χ2n) is 3.22. The van der Waals surface area contributed by atoms with Gasteiger partial charge in [0.25, 0.3) is 5.56 Å². The largest absolute Gasteiger partial charge is 0.389 e. The van der Waals surface area contributed by atoms with Crippen molar-refractivity contribution in [2.24, 2.45) is 0 Å². The van der Waals surface area contributed by atoms with Gasteiger partial charge in [0, 0.05) is 23.6 Å². The van der Waals surface area contributed by atoms with Crippen LogP contribution in [0.1, 0.15) is 12.8 Å². The van der Waals surface area contributed by atoms with Gasteiger partial charge >= 0.3 is 6.18 Å². The Morgan fingerprint density at radius 1 is 1.31 bits per heavy atom. The van der Waals surface area contributed by atoms with Gasteiger partial charge in [0.15, 0.2) is 0 Å². The topological polar surface area (TPSA) is 22.0 Å². The Balaban J connectivity index is 2.71. The van der Waals surface area contributed by atoms with Gasteiger partial charge in [0.05, 0.1) is 4.47 Å². The molecule has 0 atom stereocenters. The Kier molecular flexibility index (Phi) is 4.61. The van der Waals surface area contributed by atoms with Crippen LogP contribution in [0.15, 0.2) is 26.0 Å². The van der Waals surface area contributed by atoms with Crippen molar-refractivity contribution in [2.45, 2.75) is 25.6 Å². The first-order valence-corrected chi connectivity index (χ1v) is 6.00. The van der Waals surface area contributed by atoms with Gasteiger partial charge in [-0.3, -0.25) is 4.79 Å². The van der Waals surface area contributed by atoms with Crippen molar-refractivity contribution in [3.8, 4) is 0 Å². The summed E-state index contributed by atoms with van der Waals surface area (Å²) in [4.78, 5) is 11.5. The summed E-state index contributed by atoms with van der Waals surface area (Å²) in [6, 6.07) is 1.56. The zero-order valence-electron chi connectivity index (χ0n) is 8.02. The molecule has 7 heteroatoms. The van der Waals surface area contributed by atoms with Crippen LogP contribution in [-0.2, 0) is 6.54 Å². The van der Waals surface area contributed by atoms with E-state index in [1.807, 2.05) is 0 Å². The molecule has 1 aromatic heterocycles. The van der Waals surface area contributed by atoms with E-state index in [1.165, 1.54) is 10.8 Å². The quantitative estimate of drug-likeness (QED) is 0.803. The molecule has 0 aliphatic carbocycles. The number of hydrogen-bond donors (Lipinski definition) is 0. The summed E-state index contributed by atoms with van der Waals surface area (Å²) in [5.74, 6) is 0. The van der Waals surface area contributed by atoms with Gasteiger partial charge in [-0.15, -0.1) is 0 Å². The molecular formula is C9H8Br2F3NO. The molecule has 16 heavy (non-hydrogen) atoms. The van der Waals surface area contributed by atoms with Crippen LogP contribution in [0, 0.1) is 0 Å². The molecule has 0 amide bonds. The molecule has 0 radical (unpaired) electrons. The van der Waals surface area contributed by atoms with Crippen LogP contribution in [0.5, 0.6) is 0 Å². The average molecular weight is 363 g/mol. The molecule has 0 bridgehead atoms. The van der Waals surface area contributed by atoms with Crippen LogP contribution in [-0.4, -0.2) is 10.7 Å². The molecule has 0 unspecified atom stereocenters. The van der Waals surface area contributed by atoms with Crippen LogP contribution in [0.4, 0.5) is 13.2 Å². The van der Waals surface area contributed by atoms with Gasteiger partial charge < -0.3 is 4.57 Å². The predicted molar refractivity (Wildman–Crippen MR) is 61.4 cm³/mol. The summed E-state index contributed by atoms with van der Waals surface area (Å²) in [5.41, 5.74) is -0.328. The predicted octanol–water partition coefficient (Wildman–Crippen LogP) is 3.72. The number of pyridine rings is 1. The van der Waals surface area contributed by atoms with Crippen LogP contribution in [0.2, 0.25) is 0 Å². The van der Waals surface area contributed by atoms with Gasteiger partial charge in [-0.1, -0.05) is 0 Å². The van der Waals surface area contributed by atoms with Gasteiger partial charge in [0.1, 0.15) is 0 Å². The van der Waals surface area contributed by atoms with Gasteiger partial charge in [-0.05, 0) is 44.3 Å². The Labute approximate surface area is 107 Å². The maximum atomic E-state index is 11.9. The molecule has 1 rings (SSSR count). The monoisotopic (exact) mass is 361 g/mol. The summed E-state index contributed by atoms with van der Waals surface area (Å²) >= 11 is 6.21. The van der Waals surface area contributed by atoms with E-state index in [0.29, 0.717) is 8.95 Å². The van der Waals surface area contributed by atoms with Crippen molar-refractivity contribution in [3.63, 3.8) is 0 Å². The molecular weight excluding hydrogens is 355 g/mol. The Bertz CT molecular complexity index is 428. The fraction of sp³-hybridized carbons (Fsp3) is 0.444. The zero-order valence-corrected chi connectivity index (χ0v) is 11.2. The van der Waals surface area contributed by atoms with Crippen LogP contribution < -0.4 is 5.56 Å². The molecule has 0 aliphatic rings. The van der Waals surface area contributed by atoms with Crippen LogP contribution in [0.25, 0.3) is 0 Å². The van der Waals surface area contributed by atoms with Crippen molar-refractivity contribution >= 4 is 31.9 Å². The number of hydrogen-bond acceptors (Lipinski definition) is 1. The fourth-order valence-corrected chi connectivity index (χ4v) is 2.44. The van der Waals surface area contributed by atoms with Crippen LogP contribution >= 0.6 is 31.9 Å². The maximum Gasteiger partial charge on any atom is 0.389 e. The van der Waals surface area contributed by atoms with Crippen molar-refractivity contribution in [2.75, 3.05) is 0 Å². The second kappa shape index (κ2) is 5.35. The van der Waals surface area contributed by atoms with E-state index in [2.05, 4.69) is 31.9 Å². The lowest BCUT2D eigenvalue weighted by Gasteiger charge is -2.08. The molecule has 0 N–H and O–H groups in total.